The van der Waals surface area contributed by atoms with E-state index in [1.54, 1.807) is 0 Å². The van der Waals surface area contributed by atoms with Gasteiger partial charge in [0.1, 0.15) is 0 Å². The topological polar surface area (TPSA) is 49.3 Å². The molecule has 0 aromatic heterocycles. The van der Waals surface area contributed by atoms with Crippen LogP contribution in [0.2, 0.25) is 0 Å². The van der Waals surface area contributed by atoms with Gasteiger partial charge in [0.05, 0.1) is 6.61 Å². The first-order valence-electron chi connectivity index (χ1n) is 5.49. The van der Waals surface area contributed by atoms with Crippen LogP contribution in [0.15, 0.2) is 12.1 Å². The average Bonchev–Trinajstić information content (AvgIpc) is 2.22. The molecule has 0 atom stereocenters. The van der Waals surface area contributed by atoms with Gasteiger partial charge < -0.3 is 10.4 Å². The van der Waals surface area contributed by atoms with E-state index in [9.17, 15) is 4.79 Å². The monoisotopic (exact) mass is 221 g/mol. The molecule has 1 aromatic carbocycles. The molecule has 0 aliphatic rings. The number of carbonyl (C=O) groups is 1. The molecule has 3 heteroatoms. The maximum Gasteiger partial charge on any atom is 0.222 e. The number of nitrogens with one attached hydrogen (secondary N) is 1. The quantitative estimate of drug-likeness (QED) is 0.811. The van der Waals surface area contributed by atoms with E-state index in [0.29, 0.717) is 6.54 Å². The molecule has 3 nitrogen and oxygen atoms in total. The summed E-state index contributed by atoms with van der Waals surface area (Å²) in [5.41, 5.74) is 4.82. The first-order valence-corrected chi connectivity index (χ1v) is 5.49. The summed E-state index contributed by atoms with van der Waals surface area (Å²) >= 11 is 0. The summed E-state index contributed by atoms with van der Waals surface area (Å²) in [7, 11) is 0. The van der Waals surface area contributed by atoms with Gasteiger partial charge in [-0.3, -0.25) is 4.79 Å². The largest absolute Gasteiger partial charge is 0.396 e. The number of aliphatic hydroxyl groups is 1. The highest BCUT2D eigenvalue weighted by atomic mass is 16.3. The minimum atomic E-state index is -0.111. The van der Waals surface area contributed by atoms with Gasteiger partial charge in [-0.15, -0.1) is 0 Å². The molecule has 1 aromatic rings. The summed E-state index contributed by atoms with van der Waals surface area (Å²) in [6.45, 7) is 6.62. The van der Waals surface area contributed by atoms with Gasteiger partial charge in [0.15, 0.2) is 0 Å². The van der Waals surface area contributed by atoms with Crippen molar-refractivity contribution in [3.8, 4) is 0 Å². The zero-order chi connectivity index (χ0) is 12.1. The van der Waals surface area contributed by atoms with Crippen molar-refractivity contribution in [2.24, 2.45) is 0 Å². The summed E-state index contributed by atoms with van der Waals surface area (Å²) in [4.78, 5) is 11.2. The number of rotatable bonds is 4. The van der Waals surface area contributed by atoms with Crippen LogP contribution in [0, 0.1) is 20.8 Å². The second-order valence-corrected chi connectivity index (χ2v) is 4.11. The Morgan fingerprint density at radius 1 is 1.19 bits per heavy atom. The lowest BCUT2D eigenvalue weighted by molar-refractivity contribution is -0.121. The number of hydrogen-bond donors (Lipinski definition) is 2. The molecule has 0 spiro atoms. The minimum Gasteiger partial charge on any atom is -0.396 e. The number of hydrogen-bond acceptors (Lipinski definition) is 2. The van der Waals surface area contributed by atoms with Crippen LogP contribution in [-0.4, -0.2) is 17.6 Å². The summed E-state index contributed by atoms with van der Waals surface area (Å²) in [6.07, 6.45) is 0.171. The van der Waals surface area contributed by atoms with Crippen LogP contribution in [0.1, 0.15) is 28.7 Å². The van der Waals surface area contributed by atoms with Crippen LogP contribution in [0.3, 0.4) is 0 Å². The molecule has 0 fully saturated rings. The van der Waals surface area contributed by atoms with E-state index in [1.165, 1.54) is 16.7 Å². The van der Waals surface area contributed by atoms with Gasteiger partial charge in [-0.2, -0.15) is 0 Å². The van der Waals surface area contributed by atoms with Crippen LogP contribution < -0.4 is 5.32 Å². The Labute approximate surface area is 96.5 Å². The van der Waals surface area contributed by atoms with E-state index in [-0.39, 0.29) is 18.9 Å². The predicted octanol–water partition coefficient (Wildman–Crippen LogP) is 1.61. The number of carbonyl (C=O) groups excluding carboxylic acids is 1. The second-order valence-electron chi connectivity index (χ2n) is 4.11. The fourth-order valence-corrected chi connectivity index (χ4v) is 1.59. The van der Waals surface area contributed by atoms with Gasteiger partial charge in [-0.1, -0.05) is 12.1 Å². The third-order valence-corrected chi connectivity index (χ3v) is 2.77. The maximum atomic E-state index is 11.2. The van der Waals surface area contributed by atoms with Gasteiger partial charge >= 0.3 is 0 Å². The minimum absolute atomic E-state index is 0.0995. The second kappa shape index (κ2) is 5.66. The third-order valence-electron chi connectivity index (χ3n) is 2.77. The van der Waals surface area contributed by atoms with E-state index in [1.807, 2.05) is 6.92 Å². The Bertz CT molecular complexity index is 386. The normalized spacial score (nSPS) is 10.2. The van der Waals surface area contributed by atoms with E-state index in [0.717, 1.165) is 5.56 Å². The molecule has 0 bridgehead atoms. The highest BCUT2D eigenvalue weighted by Gasteiger charge is 2.04. The average molecular weight is 221 g/mol. The number of amides is 1. The van der Waals surface area contributed by atoms with Crippen LogP contribution in [-0.2, 0) is 11.3 Å². The molecule has 1 rings (SSSR count). The van der Waals surface area contributed by atoms with Gasteiger partial charge in [-0.05, 0) is 43.0 Å². The molecule has 88 valence electrons. The van der Waals surface area contributed by atoms with E-state index >= 15 is 0 Å². The van der Waals surface area contributed by atoms with E-state index < -0.39 is 0 Å². The Balaban J connectivity index is 2.67. The Kier molecular flexibility index (Phi) is 4.50. The zero-order valence-electron chi connectivity index (χ0n) is 10.1. The lowest BCUT2D eigenvalue weighted by Crippen LogP contribution is -2.23. The van der Waals surface area contributed by atoms with Gasteiger partial charge in [-0.25, -0.2) is 0 Å². The van der Waals surface area contributed by atoms with Crippen molar-refractivity contribution in [3.05, 3.63) is 34.4 Å². The summed E-state index contributed by atoms with van der Waals surface area (Å²) in [5.74, 6) is -0.111. The molecule has 2 N–H and O–H groups in total. The number of benzene rings is 1. The number of aryl methyl sites for hydroxylation is 3. The van der Waals surface area contributed by atoms with Crippen LogP contribution >= 0.6 is 0 Å². The standard InChI is InChI=1S/C13H19NO2/c1-9-6-11(3)12(7-10(9)2)8-14-13(16)4-5-15/h6-7,15H,4-5,8H2,1-3H3,(H,14,16). The maximum absolute atomic E-state index is 11.2. The number of aliphatic hydroxyl groups excluding tert-OH is 1. The Hall–Kier alpha value is -1.35. The van der Waals surface area contributed by atoms with E-state index in [2.05, 4.69) is 31.3 Å². The SMILES string of the molecule is Cc1cc(C)c(CNC(=O)CCO)cc1C. The highest BCUT2D eigenvalue weighted by Crippen LogP contribution is 2.14. The predicted molar refractivity (Wildman–Crippen MR) is 64.2 cm³/mol. The third kappa shape index (κ3) is 3.35. The lowest BCUT2D eigenvalue weighted by atomic mass is 10.0. The van der Waals surface area contributed by atoms with Crippen molar-refractivity contribution >= 4 is 5.91 Å². The smallest absolute Gasteiger partial charge is 0.222 e. The van der Waals surface area contributed by atoms with Crippen molar-refractivity contribution in [1.82, 2.24) is 5.32 Å². The van der Waals surface area contributed by atoms with Gasteiger partial charge in [0.25, 0.3) is 0 Å². The summed E-state index contributed by atoms with van der Waals surface area (Å²) < 4.78 is 0. The van der Waals surface area contributed by atoms with Gasteiger partial charge in [0, 0.05) is 13.0 Å². The molecular formula is C13H19NO2. The molecule has 0 radical (unpaired) electrons. The van der Waals surface area contributed by atoms with Crippen molar-refractivity contribution in [1.29, 1.82) is 0 Å². The van der Waals surface area contributed by atoms with E-state index in [4.69, 9.17) is 5.11 Å². The van der Waals surface area contributed by atoms with Gasteiger partial charge in [0.2, 0.25) is 5.91 Å². The molecular weight excluding hydrogens is 202 g/mol. The molecule has 16 heavy (non-hydrogen) atoms. The summed E-state index contributed by atoms with van der Waals surface area (Å²) in [5, 5.41) is 11.4. The lowest BCUT2D eigenvalue weighted by Gasteiger charge is -2.10. The molecule has 0 aliphatic heterocycles. The zero-order valence-corrected chi connectivity index (χ0v) is 10.1. The highest BCUT2D eigenvalue weighted by molar-refractivity contribution is 5.75. The van der Waals surface area contributed by atoms with Crippen LogP contribution in [0.4, 0.5) is 0 Å². The van der Waals surface area contributed by atoms with Crippen molar-refractivity contribution in [3.63, 3.8) is 0 Å². The first-order chi connectivity index (χ1) is 7.54. The molecule has 0 saturated heterocycles. The van der Waals surface area contributed by atoms with Crippen molar-refractivity contribution in [2.45, 2.75) is 33.7 Å². The molecule has 0 aliphatic carbocycles. The van der Waals surface area contributed by atoms with Crippen LogP contribution in [0.25, 0.3) is 0 Å². The fourth-order valence-electron chi connectivity index (χ4n) is 1.59. The first kappa shape index (κ1) is 12.7. The Morgan fingerprint density at radius 2 is 1.81 bits per heavy atom. The van der Waals surface area contributed by atoms with Crippen molar-refractivity contribution < 1.29 is 9.90 Å². The molecule has 0 saturated carbocycles. The molecule has 0 unspecified atom stereocenters. The molecule has 0 heterocycles. The molecule has 1 amide bonds. The van der Waals surface area contributed by atoms with Crippen LogP contribution in [0.5, 0.6) is 0 Å². The summed E-state index contributed by atoms with van der Waals surface area (Å²) in [6, 6.07) is 4.23. The fraction of sp³-hybridized carbons (Fsp3) is 0.462. The Morgan fingerprint density at radius 3 is 2.44 bits per heavy atom. The van der Waals surface area contributed by atoms with Crippen molar-refractivity contribution in [2.75, 3.05) is 6.61 Å².